The Morgan fingerprint density at radius 1 is 1.12 bits per heavy atom. The number of rotatable bonds is 3. The number of aromatic amines is 1. The van der Waals surface area contributed by atoms with Crippen LogP contribution in [0.25, 0.3) is 5.69 Å². The lowest BCUT2D eigenvalue weighted by atomic mass is 10.1. The van der Waals surface area contributed by atoms with Crippen LogP contribution < -0.4 is 11.2 Å². The van der Waals surface area contributed by atoms with E-state index in [1.807, 2.05) is 26.0 Å². The number of aryl methyl sites for hydroxylation is 1. The van der Waals surface area contributed by atoms with Crippen molar-refractivity contribution in [1.82, 2.24) is 9.55 Å². The van der Waals surface area contributed by atoms with Gasteiger partial charge in [-0.3, -0.25) is 14.8 Å². The standard InChI is InChI=1S/C19H16FN3O3/c1-11-4-3-5-16(12(11)2)21-10-15-17(24)22-19(26)23(18(15)25)14-8-6-13(20)7-9-14/h3-10,25H,1-2H3,(H,22,24,26). The van der Waals surface area contributed by atoms with Crippen LogP contribution in [0.1, 0.15) is 16.7 Å². The first-order valence-corrected chi connectivity index (χ1v) is 7.83. The van der Waals surface area contributed by atoms with Gasteiger partial charge in [-0.05, 0) is 55.3 Å². The van der Waals surface area contributed by atoms with Crippen molar-refractivity contribution in [2.75, 3.05) is 0 Å². The Labute approximate surface area is 147 Å². The van der Waals surface area contributed by atoms with E-state index in [0.29, 0.717) is 5.69 Å². The molecule has 7 heteroatoms. The van der Waals surface area contributed by atoms with E-state index in [1.165, 1.54) is 18.3 Å². The molecular weight excluding hydrogens is 337 g/mol. The number of H-pyrrole nitrogens is 1. The summed E-state index contributed by atoms with van der Waals surface area (Å²) in [7, 11) is 0. The monoisotopic (exact) mass is 353 g/mol. The Balaban J connectivity index is 2.14. The first-order chi connectivity index (χ1) is 12.4. The molecule has 0 atom stereocenters. The number of aromatic nitrogens is 2. The number of hydrogen-bond acceptors (Lipinski definition) is 4. The first-order valence-electron chi connectivity index (χ1n) is 7.83. The van der Waals surface area contributed by atoms with E-state index < -0.39 is 22.9 Å². The smallest absolute Gasteiger partial charge is 0.335 e. The molecule has 132 valence electrons. The fourth-order valence-corrected chi connectivity index (χ4v) is 2.49. The Hall–Kier alpha value is -3.48. The van der Waals surface area contributed by atoms with Crippen LogP contribution in [0.2, 0.25) is 0 Å². The minimum atomic E-state index is -0.831. The van der Waals surface area contributed by atoms with E-state index in [9.17, 15) is 19.1 Å². The molecule has 0 aliphatic rings. The van der Waals surface area contributed by atoms with Gasteiger partial charge in [0.15, 0.2) is 0 Å². The molecule has 0 unspecified atom stereocenters. The molecular formula is C19H16FN3O3. The largest absolute Gasteiger partial charge is 0.493 e. The molecule has 3 aromatic rings. The molecule has 0 fully saturated rings. The van der Waals surface area contributed by atoms with Gasteiger partial charge in [-0.2, -0.15) is 0 Å². The highest BCUT2D eigenvalue weighted by Crippen LogP contribution is 2.22. The number of benzene rings is 2. The molecule has 0 bridgehead atoms. The van der Waals surface area contributed by atoms with Gasteiger partial charge < -0.3 is 5.11 Å². The lowest BCUT2D eigenvalue weighted by Crippen LogP contribution is -2.31. The summed E-state index contributed by atoms with van der Waals surface area (Å²) < 4.78 is 14.0. The number of nitrogens with zero attached hydrogens (tertiary/aromatic N) is 2. The Kier molecular flexibility index (Phi) is 4.53. The minimum absolute atomic E-state index is 0.171. The van der Waals surface area contributed by atoms with E-state index >= 15 is 0 Å². The SMILES string of the molecule is Cc1cccc(N=Cc2c(O)n(-c3ccc(F)cc3)c(=O)[nH]c2=O)c1C. The van der Waals surface area contributed by atoms with E-state index in [4.69, 9.17) is 0 Å². The Morgan fingerprint density at radius 3 is 2.50 bits per heavy atom. The van der Waals surface area contributed by atoms with Crippen LogP contribution in [0.15, 0.2) is 57.0 Å². The maximum absolute atomic E-state index is 13.1. The van der Waals surface area contributed by atoms with Crippen LogP contribution in [0.4, 0.5) is 10.1 Å². The fraction of sp³-hybridized carbons (Fsp3) is 0.105. The van der Waals surface area contributed by atoms with Crippen LogP contribution in [-0.2, 0) is 0 Å². The zero-order valence-electron chi connectivity index (χ0n) is 14.2. The van der Waals surface area contributed by atoms with Gasteiger partial charge in [0.05, 0.1) is 11.4 Å². The van der Waals surface area contributed by atoms with E-state index in [0.717, 1.165) is 27.8 Å². The van der Waals surface area contributed by atoms with Gasteiger partial charge in [0, 0.05) is 6.21 Å². The van der Waals surface area contributed by atoms with E-state index in [1.54, 1.807) is 6.07 Å². The van der Waals surface area contributed by atoms with E-state index in [2.05, 4.69) is 9.98 Å². The summed E-state index contributed by atoms with van der Waals surface area (Å²) in [6.45, 7) is 3.83. The van der Waals surface area contributed by atoms with Crippen molar-refractivity contribution in [1.29, 1.82) is 0 Å². The van der Waals surface area contributed by atoms with Gasteiger partial charge in [0.1, 0.15) is 11.4 Å². The van der Waals surface area contributed by atoms with Gasteiger partial charge in [-0.25, -0.2) is 13.8 Å². The second kappa shape index (κ2) is 6.79. The summed E-state index contributed by atoms with van der Waals surface area (Å²) in [6, 6.07) is 10.5. The third kappa shape index (κ3) is 3.19. The molecule has 1 heterocycles. The van der Waals surface area contributed by atoms with Crippen molar-refractivity contribution in [2.24, 2.45) is 4.99 Å². The lowest BCUT2D eigenvalue weighted by molar-refractivity contribution is 0.430. The van der Waals surface area contributed by atoms with Crippen LogP contribution in [0, 0.1) is 19.7 Å². The predicted molar refractivity (Wildman–Crippen MR) is 97.5 cm³/mol. The molecule has 0 aliphatic carbocycles. The number of halogens is 1. The molecule has 6 nitrogen and oxygen atoms in total. The van der Waals surface area contributed by atoms with Crippen molar-refractivity contribution < 1.29 is 9.50 Å². The second-order valence-corrected chi connectivity index (χ2v) is 5.79. The Morgan fingerprint density at radius 2 is 1.81 bits per heavy atom. The molecule has 0 saturated heterocycles. The molecule has 2 N–H and O–H groups in total. The summed E-state index contributed by atoms with van der Waals surface area (Å²) in [6.07, 6.45) is 1.20. The topological polar surface area (TPSA) is 87.4 Å². The molecule has 0 aliphatic heterocycles. The summed E-state index contributed by atoms with van der Waals surface area (Å²) in [5.74, 6) is -1.05. The van der Waals surface area contributed by atoms with Crippen LogP contribution in [0.5, 0.6) is 5.88 Å². The highest BCUT2D eigenvalue weighted by Gasteiger charge is 2.14. The zero-order chi connectivity index (χ0) is 18.8. The van der Waals surface area contributed by atoms with Crippen LogP contribution in [0.3, 0.4) is 0 Å². The van der Waals surface area contributed by atoms with Crippen molar-refractivity contribution in [3.05, 3.63) is 85.8 Å². The average Bonchev–Trinajstić information content (AvgIpc) is 2.59. The van der Waals surface area contributed by atoms with Crippen molar-refractivity contribution in [3.63, 3.8) is 0 Å². The molecule has 3 rings (SSSR count). The van der Waals surface area contributed by atoms with Crippen LogP contribution in [-0.4, -0.2) is 20.9 Å². The van der Waals surface area contributed by atoms with Crippen molar-refractivity contribution >= 4 is 11.9 Å². The fourth-order valence-electron chi connectivity index (χ4n) is 2.49. The van der Waals surface area contributed by atoms with Crippen molar-refractivity contribution in [3.8, 4) is 11.6 Å². The third-order valence-corrected chi connectivity index (χ3v) is 4.11. The highest BCUT2D eigenvalue weighted by molar-refractivity contribution is 5.84. The maximum Gasteiger partial charge on any atom is 0.335 e. The minimum Gasteiger partial charge on any atom is -0.493 e. The normalized spacial score (nSPS) is 11.2. The van der Waals surface area contributed by atoms with Gasteiger partial charge in [0.25, 0.3) is 5.56 Å². The lowest BCUT2D eigenvalue weighted by Gasteiger charge is -2.09. The van der Waals surface area contributed by atoms with Gasteiger partial charge in [0.2, 0.25) is 5.88 Å². The molecule has 2 aromatic carbocycles. The molecule has 1 aromatic heterocycles. The molecule has 0 amide bonds. The predicted octanol–water partition coefficient (Wildman–Crippen LogP) is 2.74. The van der Waals surface area contributed by atoms with Crippen molar-refractivity contribution in [2.45, 2.75) is 13.8 Å². The zero-order valence-corrected chi connectivity index (χ0v) is 14.2. The van der Waals surface area contributed by atoms with Gasteiger partial charge in [-0.15, -0.1) is 0 Å². The summed E-state index contributed by atoms with van der Waals surface area (Å²) >= 11 is 0. The van der Waals surface area contributed by atoms with E-state index in [-0.39, 0.29) is 11.3 Å². The maximum atomic E-state index is 13.1. The molecule has 0 saturated carbocycles. The average molecular weight is 353 g/mol. The Bertz CT molecular complexity index is 1110. The highest BCUT2D eigenvalue weighted by atomic mass is 19.1. The number of aliphatic imine (C=N–C) groups is 1. The first kappa shape index (κ1) is 17.3. The summed E-state index contributed by atoms with van der Waals surface area (Å²) in [5.41, 5.74) is 1.06. The number of aromatic hydroxyl groups is 1. The van der Waals surface area contributed by atoms with Gasteiger partial charge >= 0.3 is 5.69 Å². The van der Waals surface area contributed by atoms with Gasteiger partial charge in [-0.1, -0.05) is 12.1 Å². The summed E-state index contributed by atoms with van der Waals surface area (Å²) in [5, 5.41) is 10.4. The molecule has 26 heavy (non-hydrogen) atoms. The third-order valence-electron chi connectivity index (χ3n) is 4.11. The number of hydrogen-bond donors (Lipinski definition) is 2. The molecule has 0 spiro atoms. The number of nitrogens with one attached hydrogen (secondary N) is 1. The molecule has 0 radical (unpaired) electrons. The quantitative estimate of drug-likeness (QED) is 0.710. The second-order valence-electron chi connectivity index (χ2n) is 5.79. The van der Waals surface area contributed by atoms with Crippen LogP contribution >= 0.6 is 0 Å². The summed E-state index contributed by atoms with van der Waals surface area (Å²) in [4.78, 5) is 30.6.